The summed E-state index contributed by atoms with van der Waals surface area (Å²) in [5.41, 5.74) is 0.461. The standard InChI is InChI=1S/C15H13BrFN5O6S/c1-29(24,25)26-6-2-5-18-14-13(19-28-20-14)15-21-27-12(8-23)22(15)9-3-4-11(17)10(16)7-9/h3-4,7H,2,5-6H2,1H3,(H,18,20). The molecule has 1 aliphatic heterocycles. The zero-order valence-electron chi connectivity index (χ0n) is 14.8. The predicted octanol–water partition coefficient (Wildman–Crippen LogP) is 1.62. The number of carbonyl (C=O) groups excluding carboxylic acids is 1. The van der Waals surface area contributed by atoms with Gasteiger partial charge in [-0.2, -0.15) is 8.42 Å². The first kappa shape index (κ1) is 20.9. The Morgan fingerprint density at radius 3 is 2.86 bits per heavy atom. The Balaban J connectivity index is 1.78. The van der Waals surface area contributed by atoms with Crippen molar-refractivity contribution in [3.05, 3.63) is 40.1 Å². The highest BCUT2D eigenvalue weighted by molar-refractivity contribution is 9.10. The van der Waals surface area contributed by atoms with Crippen LogP contribution in [0, 0.1) is 5.82 Å². The first-order valence-electron chi connectivity index (χ1n) is 7.96. The van der Waals surface area contributed by atoms with Crippen LogP contribution < -0.4 is 10.2 Å². The highest BCUT2D eigenvalue weighted by Crippen LogP contribution is 2.31. The number of hydrogen-bond acceptors (Lipinski definition) is 11. The Labute approximate surface area is 172 Å². The van der Waals surface area contributed by atoms with Crippen molar-refractivity contribution in [2.45, 2.75) is 6.42 Å². The van der Waals surface area contributed by atoms with Crippen molar-refractivity contribution in [1.29, 1.82) is 0 Å². The molecule has 1 aromatic heterocycles. The zero-order valence-corrected chi connectivity index (χ0v) is 17.2. The second-order valence-electron chi connectivity index (χ2n) is 5.62. The average molecular weight is 490 g/mol. The van der Waals surface area contributed by atoms with Crippen LogP contribution in [0.25, 0.3) is 0 Å². The molecule has 0 amide bonds. The lowest BCUT2D eigenvalue weighted by atomic mass is 10.2. The summed E-state index contributed by atoms with van der Waals surface area (Å²) in [7, 11) is -3.52. The van der Waals surface area contributed by atoms with Gasteiger partial charge in [0.15, 0.2) is 11.6 Å². The summed E-state index contributed by atoms with van der Waals surface area (Å²) in [6.45, 7) is 0.258. The maximum atomic E-state index is 13.6. The predicted molar refractivity (Wildman–Crippen MR) is 102 cm³/mol. The topological polar surface area (TPSA) is 136 Å². The van der Waals surface area contributed by atoms with E-state index in [1.54, 1.807) is 5.94 Å². The summed E-state index contributed by atoms with van der Waals surface area (Å²) < 4.78 is 45.0. The Hall–Kier alpha value is -2.80. The molecule has 154 valence electrons. The number of nitrogens with one attached hydrogen (secondary N) is 1. The van der Waals surface area contributed by atoms with Gasteiger partial charge in [-0.25, -0.2) is 18.7 Å². The summed E-state index contributed by atoms with van der Waals surface area (Å²) in [6.07, 6.45) is 1.30. The van der Waals surface area contributed by atoms with E-state index in [9.17, 15) is 17.6 Å². The molecule has 1 aromatic carbocycles. The molecule has 0 saturated heterocycles. The third-order valence-corrected chi connectivity index (χ3v) is 4.70. The SMILES string of the molecule is CS(=O)(=O)OCCCNc1nonc1C1=NOC(=C=O)N1c1ccc(F)c(Br)c1. The van der Waals surface area contributed by atoms with Crippen LogP contribution in [0.1, 0.15) is 12.1 Å². The van der Waals surface area contributed by atoms with Crippen LogP contribution in [-0.4, -0.2) is 49.9 Å². The highest BCUT2D eigenvalue weighted by Gasteiger charge is 2.34. The second-order valence-corrected chi connectivity index (χ2v) is 8.11. The summed E-state index contributed by atoms with van der Waals surface area (Å²) in [5, 5.41) is 14.2. The van der Waals surface area contributed by atoms with Gasteiger partial charge in [-0.3, -0.25) is 4.18 Å². The van der Waals surface area contributed by atoms with Gasteiger partial charge < -0.3 is 10.2 Å². The Kier molecular flexibility index (Phi) is 6.27. The molecule has 0 fully saturated rings. The Morgan fingerprint density at radius 1 is 1.38 bits per heavy atom. The second kappa shape index (κ2) is 8.69. The lowest BCUT2D eigenvalue weighted by Gasteiger charge is -2.16. The van der Waals surface area contributed by atoms with Crippen LogP contribution in [0.5, 0.6) is 0 Å². The smallest absolute Gasteiger partial charge is 0.320 e. The molecule has 1 N–H and O–H groups in total. The van der Waals surface area contributed by atoms with E-state index in [4.69, 9.17) is 9.47 Å². The number of nitrogens with zero attached hydrogens (tertiary/aromatic N) is 4. The molecule has 0 saturated carbocycles. The monoisotopic (exact) mass is 489 g/mol. The number of rotatable bonds is 8. The molecule has 0 bridgehead atoms. The van der Waals surface area contributed by atoms with E-state index in [0.717, 1.165) is 6.26 Å². The van der Waals surface area contributed by atoms with Gasteiger partial charge in [0, 0.05) is 6.54 Å². The molecule has 0 spiro atoms. The molecule has 14 heteroatoms. The van der Waals surface area contributed by atoms with Gasteiger partial charge in [-0.05, 0) is 50.9 Å². The van der Waals surface area contributed by atoms with Crippen LogP contribution in [0.3, 0.4) is 0 Å². The summed E-state index contributed by atoms with van der Waals surface area (Å²) in [5.74, 6) is 1.05. The van der Waals surface area contributed by atoms with Crippen molar-refractivity contribution >= 4 is 49.3 Å². The summed E-state index contributed by atoms with van der Waals surface area (Å²) in [4.78, 5) is 17.5. The van der Waals surface area contributed by atoms with Crippen molar-refractivity contribution in [2.75, 3.05) is 29.6 Å². The van der Waals surface area contributed by atoms with Crippen molar-refractivity contribution in [3.8, 4) is 0 Å². The largest absolute Gasteiger partial charge is 0.365 e. The Morgan fingerprint density at radius 2 is 2.17 bits per heavy atom. The number of aromatic nitrogens is 2. The van der Waals surface area contributed by atoms with Crippen LogP contribution in [0.4, 0.5) is 15.9 Å². The minimum atomic E-state index is -3.52. The maximum absolute atomic E-state index is 13.6. The first-order valence-corrected chi connectivity index (χ1v) is 10.6. The lowest BCUT2D eigenvalue weighted by Crippen LogP contribution is -2.28. The maximum Gasteiger partial charge on any atom is 0.320 e. The van der Waals surface area contributed by atoms with E-state index in [2.05, 4.69) is 40.9 Å². The zero-order chi connectivity index (χ0) is 21.0. The van der Waals surface area contributed by atoms with Gasteiger partial charge in [0.2, 0.25) is 11.7 Å². The molecule has 0 aliphatic carbocycles. The number of hydrogen-bond donors (Lipinski definition) is 1. The van der Waals surface area contributed by atoms with Crippen LogP contribution in [0.15, 0.2) is 38.3 Å². The number of halogens is 2. The minimum Gasteiger partial charge on any atom is -0.365 e. The van der Waals surface area contributed by atoms with E-state index < -0.39 is 15.9 Å². The molecule has 1 aliphatic rings. The average Bonchev–Trinajstić information content (AvgIpc) is 3.28. The van der Waals surface area contributed by atoms with E-state index in [0.29, 0.717) is 12.1 Å². The molecule has 3 rings (SSSR count). The van der Waals surface area contributed by atoms with Gasteiger partial charge in [0.25, 0.3) is 10.1 Å². The van der Waals surface area contributed by atoms with Crippen molar-refractivity contribution in [2.24, 2.45) is 5.16 Å². The summed E-state index contributed by atoms with van der Waals surface area (Å²) in [6, 6.07) is 4.02. The van der Waals surface area contributed by atoms with Gasteiger partial charge >= 0.3 is 5.88 Å². The number of amidine groups is 1. The fourth-order valence-electron chi connectivity index (χ4n) is 2.28. The molecule has 29 heavy (non-hydrogen) atoms. The Bertz CT molecular complexity index is 1100. The van der Waals surface area contributed by atoms with Gasteiger partial charge in [-0.1, -0.05) is 5.16 Å². The van der Waals surface area contributed by atoms with E-state index in [1.807, 2.05) is 0 Å². The lowest BCUT2D eigenvalue weighted by molar-refractivity contribution is 0.248. The molecule has 0 atom stereocenters. The number of anilines is 2. The molecule has 0 unspecified atom stereocenters. The summed E-state index contributed by atoms with van der Waals surface area (Å²) >= 11 is 3.08. The van der Waals surface area contributed by atoms with Gasteiger partial charge in [0.05, 0.1) is 23.0 Å². The minimum absolute atomic E-state index is 0.0235. The third-order valence-electron chi connectivity index (χ3n) is 3.49. The highest BCUT2D eigenvalue weighted by atomic mass is 79.9. The van der Waals surface area contributed by atoms with Crippen LogP contribution in [0.2, 0.25) is 0 Å². The normalized spacial score (nSPS) is 13.8. The molecule has 2 heterocycles. The van der Waals surface area contributed by atoms with E-state index in [-0.39, 0.29) is 40.9 Å². The fourth-order valence-corrected chi connectivity index (χ4v) is 3.07. The number of benzene rings is 1. The van der Waals surface area contributed by atoms with Gasteiger partial charge in [-0.15, -0.1) is 0 Å². The first-order chi connectivity index (χ1) is 13.8. The molecular formula is C15H13BrFN5O6S. The van der Waals surface area contributed by atoms with Crippen LogP contribution in [-0.2, 0) is 23.9 Å². The molecule has 2 aromatic rings. The van der Waals surface area contributed by atoms with Crippen molar-refractivity contribution in [1.82, 2.24) is 10.3 Å². The number of oxime groups is 1. The van der Waals surface area contributed by atoms with Crippen LogP contribution >= 0.6 is 15.9 Å². The molecule has 0 radical (unpaired) electrons. The van der Waals surface area contributed by atoms with Crippen molar-refractivity contribution < 1.29 is 31.3 Å². The van der Waals surface area contributed by atoms with E-state index in [1.165, 1.54) is 23.1 Å². The molecular weight excluding hydrogens is 477 g/mol. The fraction of sp³-hybridized carbons (Fsp3) is 0.267. The third kappa shape index (κ3) is 4.98. The molecule has 11 nitrogen and oxygen atoms in total. The van der Waals surface area contributed by atoms with E-state index >= 15 is 0 Å². The quantitative estimate of drug-likeness (QED) is 0.330. The van der Waals surface area contributed by atoms with Crippen molar-refractivity contribution in [3.63, 3.8) is 0 Å². The van der Waals surface area contributed by atoms with Gasteiger partial charge in [0.1, 0.15) is 5.82 Å².